The lowest BCUT2D eigenvalue weighted by atomic mass is 10.0. The first kappa shape index (κ1) is 15.7. The average molecular weight is 241 g/mol. The summed E-state index contributed by atoms with van der Waals surface area (Å²) in [6.45, 7) is 7.43. The summed E-state index contributed by atoms with van der Waals surface area (Å²) in [5, 5.41) is 9.04. The molecule has 0 aromatic rings. The van der Waals surface area contributed by atoms with Crippen molar-refractivity contribution in [2.24, 2.45) is 5.92 Å². The number of unbranched alkanes of at least 4 members (excludes halogenated alkanes) is 1. The lowest BCUT2D eigenvalue weighted by molar-refractivity contribution is -0.150. The van der Waals surface area contributed by atoms with Crippen molar-refractivity contribution < 1.29 is 14.7 Å². The van der Waals surface area contributed by atoms with Gasteiger partial charge in [0.25, 0.3) is 0 Å². The first-order valence-electron chi connectivity index (χ1n) is 6.06. The fraction of sp³-hybridized carbons (Fsp3) is 0.692. The van der Waals surface area contributed by atoms with Crippen LogP contribution in [0.4, 0.5) is 0 Å². The molecule has 4 nitrogen and oxygen atoms in total. The number of hydrogen-bond donors (Lipinski definition) is 1. The lowest BCUT2D eigenvalue weighted by Gasteiger charge is -2.26. The van der Waals surface area contributed by atoms with Gasteiger partial charge in [0.2, 0.25) is 5.91 Å². The summed E-state index contributed by atoms with van der Waals surface area (Å²) >= 11 is 0. The normalized spacial score (nSPS) is 13.8. The SMILES string of the molecule is C=CC[C@@H](C(=O)O)N(C)C(=O)[C@@H](C)CCCC. The van der Waals surface area contributed by atoms with E-state index in [-0.39, 0.29) is 18.2 Å². The Morgan fingerprint density at radius 1 is 1.47 bits per heavy atom. The van der Waals surface area contributed by atoms with E-state index in [9.17, 15) is 9.59 Å². The molecule has 4 heteroatoms. The van der Waals surface area contributed by atoms with E-state index >= 15 is 0 Å². The van der Waals surface area contributed by atoms with E-state index in [2.05, 4.69) is 13.5 Å². The third-order valence-electron chi connectivity index (χ3n) is 2.90. The van der Waals surface area contributed by atoms with Gasteiger partial charge in [-0.1, -0.05) is 32.8 Å². The van der Waals surface area contributed by atoms with Gasteiger partial charge in [0, 0.05) is 13.0 Å². The molecule has 0 heterocycles. The average Bonchev–Trinajstić information content (AvgIpc) is 2.30. The highest BCUT2D eigenvalue weighted by atomic mass is 16.4. The smallest absolute Gasteiger partial charge is 0.326 e. The number of carboxylic acid groups (broad SMARTS) is 1. The Labute approximate surface area is 103 Å². The zero-order valence-corrected chi connectivity index (χ0v) is 11.0. The van der Waals surface area contributed by atoms with Gasteiger partial charge in [0.05, 0.1) is 0 Å². The lowest BCUT2D eigenvalue weighted by Crippen LogP contribution is -2.44. The quantitative estimate of drug-likeness (QED) is 0.663. The molecule has 0 radical (unpaired) electrons. The molecule has 0 aliphatic carbocycles. The van der Waals surface area contributed by atoms with E-state index < -0.39 is 12.0 Å². The molecule has 0 aliphatic rings. The van der Waals surface area contributed by atoms with Crippen LogP contribution in [0.5, 0.6) is 0 Å². The van der Waals surface area contributed by atoms with E-state index in [0.717, 1.165) is 19.3 Å². The highest BCUT2D eigenvalue weighted by molar-refractivity contribution is 5.84. The Morgan fingerprint density at radius 2 is 2.06 bits per heavy atom. The van der Waals surface area contributed by atoms with Gasteiger partial charge in [-0.2, -0.15) is 0 Å². The summed E-state index contributed by atoms with van der Waals surface area (Å²) in [7, 11) is 1.55. The van der Waals surface area contributed by atoms with Crippen LogP contribution in [0.3, 0.4) is 0 Å². The number of likely N-dealkylation sites (N-methyl/N-ethyl adjacent to an activating group) is 1. The van der Waals surface area contributed by atoms with Crippen molar-refractivity contribution >= 4 is 11.9 Å². The van der Waals surface area contributed by atoms with E-state index in [1.54, 1.807) is 7.05 Å². The van der Waals surface area contributed by atoms with Crippen LogP contribution in [0.2, 0.25) is 0 Å². The van der Waals surface area contributed by atoms with Gasteiger partial charge in [-0.15, -0.1) is 6.58 Å². The molecule has 1 N–H and O–H groups in total. The Hall–Kier alpha value is -1.32. The summed E-state index contributed by atoms with van der Waals surface area (Å²) in [5.41, 5.74) is 0. The first-order chi connectivity index (χ1) is 7.95. The summed E-state index contributed by atoms with van der Waals surface area (Å²) in [5.74, 6) is -1.21. The van der Waals surface area contributed by atoms with Crippen LogP contribution < -0.4 is 0 Å². The van der Waals surface area contributed by atoms with Crippen LogP contribution in [0.25, 0.3) is 0 Å². The minimum atomic E-state index is -0.983. The second-order valence-electron chi connectivity index (χ2n) is 4.37. The number of amides is 1. The molecule has 0 aromatic heterocycles. The van der Waals surface area contributed by atoms with Gasteiger partial charge < -0.3 is 10.0 Å². The number of nitrogens with zero attached hydrogens (tertiary/aromatic N) is 1. The maximum atomic E-state index is 12.0. The van der Waals surface area contributed by atoms with Crippen molar-refractivity contribution in [2.75, 3.05) is 7.05 Å². The summed E-state index contributed by atoms with van der Waals surface area (Å²) in [6.07, 6.45) is 4.63. The van der Waals surface area contributed by atoms with E-state index in [1.807, 2.05) is 6.92 Å². The number of aliphatic carboxylic acids is 1. The van der Waals surface area contributed by atoms with E-state index in [4.69, 9.17) is 5.11 Å². The van der Waals surface area contributed by atoms with Gasteiger partial charge in [-0.25, -0.2) is 4.79 Å². The number of carboxylic acids is 1. The van der Waals surface area contributed by atoms with Gasteiger partial charge in [-0.05, 0) is 12.8 Å². The van der Waals surface area contributed by atoms with E-state index in [1.165, 1.54) is 11.0 Å². The molecule has 0 aromatic carbocycles. The fourth-order valence-electron chi connectivity index (χ4n) is 1.72. The Balaban J connectivity index is 4.53. The maximum absolute atomic E-state index is 12.0. The third kappa shape index (κ3) is 5.02. The molecule has 1 amide bonds. The van der Waals surface area contributed by atoms with Crippen LogP contribution in [0.15, 0.2) is 12.7 Å². The molecule has 98 valence electrons. The number of carbonyl (C=O) groups is 2. The molecule has 17 heavy (non-hydrogen) atoms. The Morgan fingerprint density at radius 3 is 2.47 bits per heavy atom. The van der Waals surface area contributed by atoms with Crippen LogP contribution in [-0.2, 0) is 9.59 Å². The standard InChI is InChI=1S/C13H23NO3/c1-5-7-9-10(3)12(15)14(4)11(8-6-2)13(16)17/h6,10-11H,2,5,7-9H2,1,3-4H3,(H,16,17)/t10-,11-/m0/s1. The molecule has 0 bridgehead atoms. The second-order valence-corrected chi connectivity index (χ2v) is 4.37. The highest BCUT2D eigenvalue weighted by Crippen LogP contribution is 2.14. The minimum Gasteiger partial charge on any atom is -0.480 e. The van der Waals surface area contributed by atoms with Crippen LogP contribution in [-0.4, -0.2) is 35.0 Å². The van der Waals surface area contributed by atoms with Gasteiger partial charge in [0.1, 0.15) is 6.04 Å². The zero-order chi connectivity index (χ0) is 13.4. The van der Waals surface area contributed by atoms with Gasteiger partial charge >= 0.3 is 5.97 Å². The molecular weight excluding hydrogens is 218 g/mol. The van der Waals surface area contributed by atoms with E-state index in [0.29, 0.717) is 0 Å². The zero-order valence-electron chi connectivity index (χ0n) is 11.0. The van der Waals surface area contributed by atoms with Crippen molar-refractivity contribution in [1.29, 1.82) is 0 Å². The molecule has 0 saturated heterocycles. The van der Waals surface area contributed by atoms with Crippen molar-refractivity contribution in [3.63, 3.8) is 0 Å². The topological polar surface area (TPSA) is 57.6 Å². The minimum absolute atomic E-state index is 0.104. The number of rotatable bonds is 8. The molecule has 2 atom stereocenters. The first-order valence-corrected chi connectivity index (χ1v) is 6.06. The molecule has 0 saturated carbocycles. The van der Waals surface area contributed by atoms with Gasteiger partial charge in [0.15, 0.2) is 0 Å². The maximum Gasteiger partial charge on any atom is 0.326 e. The molecule has 0 fully saturated rings. The molecular formula is C13H23NO3. The predicted molar refractivity (Wildman–Crippen MR) is 67.7 cm³/mol. The second kappa shape index (κ2) is 7.87. The van der Waals surface area contributed by atoms with Crippen molar-refractivity contribution in [3.8, 4) is 0 Å². The highest BCUT2D eigenvalue weighted by Gasteiger charge is 2.27. The van der Waals surface area contributed by atoms with Crippen molar-refractivity contribution in [1.82, 2.24) is 4.90 Å². The molecule has 0 unspecified atom stereocenters. The Bertz CT molecular complexity index is 276. The monoisotopic (exact) mass is 241 g/mol. The number of carbonyl (C=O) groups excluding carboxylic acids is 1. The van der Waals surface area contributed by atoms with Crippen molar-refractivity contribution in [3.05, 3.63) is 12.7 Å². The molecule has 0 rings (SSSR count). The third-order valence-corrected chi connectivity index (χ3v) is 2.90. The summed E-state index contributed by atoms with van der Waals surface area (Å²) < 4.78 is 0. The van der Waals surface area contributed by atoms with Crippen LogP contribution >= 0.6 is 0 Å². The molecule has 0 aliphatic heterocycles. The Kier molecular flexibility index (Phi) is 7.26. The van der Waals surface area contributed by atoms with Crippen LogP contribution in [0, 0.1) is 5.92 Å². The van der Waals surface area contributed by atoms with Gasteiger partial charge in [-0.3, -0.25) is 4.79 Å². The summed E-state index contributed by atoms with van der Waals surface area (Å²) in [4.78, 5) is 24.4. The van der Waals surface area contributed by atoms with Crippen molar-refractivity contribution in [2.45, 2.75) is 45.6 Å². The summed E-state index contributed by atoms with van der Waals surface area (Å²) in [6, 6.07) is -0.802. The fourth-order valence-corrected chi connectivity index (χ4v) is 1.72. The largest absolute Gasteiger partial charge is 0.480 e. The molecule has 0 spiro atoms. The predicted octanol–water partition coefficient (Wildman–Crippen LogP) is 2.30. The van der Waals surface area contributed by atoms with Crippen LogP contribution in [0.1, 0.15) is 39.5 Å². The number of hydrogen-bond acceptors (Lipinski definition) is 2.